The van der Waals surface area contributed by atoms with Gasteiger partial charge in [0.25, 0.3) is 0 Å². The molecule has 0 bridgehead atoms. The van der Waals surface area contributed by atoms with Crippen molar-refractivity contribution in [3.8, 4) is 12.3 Å². The summed E-state index contributed by atoms with van der Waals surface area (Å²) in [6.45, 7) is 4.61. The summed E-state index contributed by atoms with van der Waals surface area (Å²) in [5.74, 6) is 2.26. The molecule has 0 aliphatic rings. The average Bonchev–Trinajstić information content (AvgIpc) is 2.34. The first-order valence-electron chi connectivity index (χ1n) is 5.50. The standard InChI is InChI=1S/C13H17N3O/c1-4-7-15-13(17)11(3)16-9-12-10(2)6-5-8-14-12/h1,5-6,8,11,16H,7,9H2,2-3H3,(H,15,17). The predicted molar refractivity (Wildman–Crippen MR) is 67.1 cm³/mol. The minimum atomic E-state index is -0.287. The Morgan fingerprint density at radius 1 is 1.65 bits per heavy atom. The van der Waals surface area contributed by atoms with Crippen molar-refractivity contribution in [1.29, 1.82) is 0 Å². The van der Waals surface area contributed by atoms with Crippen LogP contribution in [0.25, 0.3) is 0 Å². The van der Waals surface area contributed by atoms with Crippen LogP contribution in [0.3, 0.4) is 0 Å². The van der Waals surface area contributed by atoms with Crippen molar-refractivity contribution in [3.63, 3.8) is 0 Å². The molecule has 0 aliphatic carbocycles. The lowest BCUT2D eigenvalue weighted by molar-refractivity contribution is -0.122. The fourth-order valence-electron chi connectivity index (χ4n) is 1.34. The number of rotatable bonds is 5. The van der Waals surface area contributed by atoms with Crippen molar-refractivity contribution in [2.24, 2.45) is 0 Å². The summed E-state index contributed by atoms with van der Waals surface area (Å²) >= 11 is 0. The van der Waals surface area contributed by atoms with E-state index in [1.54, 1.807) is 13.1 Å². The monoisotopic (exact) mass is 231 g/mol. The largest absolute Gasteiger partial charge is 0.344 e. The zero-order chi connectivity index (χ0) is 12.7. The van der Waals surface area contributed by atoms with Crippen LogP contribution in [0.15, 0.2) is 18.3 Å². The van der Waals surface area contributed by atoms with Gasteiger partial charge in [-0.05, 0) is 25.5 Å². The number of pyridine rings is 1. The van der Waals surface area contributed by atoms with Crippen molar-refractivity contribution in [2.75, 3.05) is 6.54 Å². The molecule has 17 heavy (non-hydrogen) atoms. The number of carbonyl (C=O) groups is 1. The Balaban J connectivity index is 2.43. The number of hydrogen-bond donors (Lipinski definition) is 2. The molecule has 1 unspecified atom stereocenters. The minimum Gasteiger partial charge on any atom is -0.344 e. The smallest absolute Gasteiger partial charge is 0.237 e. The average molecular weight is 231 g/mol. The quantitative estimate of drug-likeness (QED) is 0.730. The summed E-state index contributed by atoms with van der Waals surface area (Å²) in [6, 6.07) is 3.60. The second kappa shape index (κ2) is 6.66. The van der Waals surface area contributed by atoms with E-state index in [2.05, 4.69) is 21.5 Å². The number of hydrogen-bond acceptors (Lipinski definition) is 3. The summed E-state index contributed by atoms with van der Waals surface area (Å²) in [5.41, 5.74) is 2.06. The summed E-state index contributed by atoms with van der Waals surface area (Å²) in [5, 5.41) is 5.73. The van der Waals surface area contributed by atoms with Gasteiger partial charge in [-0.25, -0.2) is 0 Å². The third-order valence-corrected chi connectivity index (χ3v) is 2.45. The highest BCUT2D eigenvalue weighted by atomic mass is 16.2. The first-order chi connectivity index (χ1) is 8.15. The van der Waals surface area contributed by atoms with Gasteiger partial charge in [-0.1, -0.05) is 12.0 Å². The van der Waals surface area contributed by atoms with E-state index in [-0.39, 0.29) is 18.5 Å². The lowest BCUT2D eigenvalue weighted by Crippen LogP contribution is -2.42. The van der Waals surface area contributed by atoms with Crippen LogP contribution < -0.4 is 10.6 Å². The van der Waals surface area contributed by atoms with Crippen LogP contribution in [-0.4, -0.2) is 23.5 Å². The Kier molecular flexibility index (Phi) is 5.18. The number of aryl methyl sites for hydroxylation is 1. The highest BCUT2D eigenvalue weighted by Crippen LogP contribution is 2.02. The summed E-state index contributed by atoms with van der Waals surface area (Å²) in [4.78, 5) is 15.8. The van der Waals surface area contributed by atoms with E-state index in [4.69, 9.17) is 6.42 Å². The molecule has 0 spiro atoms. The molecule has 1 aromatic heterocycles. The summed E-state index contributed by atoms with van der Waals surface area (Å²) < 4.78 is 0. The maximum Gasteiger partial charge on any atom is 0.237 e. The van der Waals surface area contributed by atoms with Crippen molar-refractivity contribution < 1.29 is 4.79 Å². The summed E-state index contributed by atoms with van der Waals surface area (Å²) in [6.07, 6.45) is 6.81. The van der Waals surface area contributed by atoms with E-state index in [1.807, 2.05) is 19.1 Å². The Morgan fingerprint density at radius 3 is 3.06 bits per heavy atom. The van der Waals surface area contributed by atoms with E-state index < -0.39 is 0 Å². The number of amides is 1. The SMILES string of the molecule is C#CCNC(=O)C(C)NCc1ncccc1C. The molecule has 0 radical (unpaired) electrons. The molecule has 1 atom stereocenters. The maximum atomic E-state index is 11.5. The lowest BCUT2D eigenvalue weighted by Gasteiger charge is -2.13. The fraction of sp³-hybridized carbons (Fsp3) is 0.385. The van der Waals surface area contributed by atoms with Crippen LogP contribution in [0.4, 0.5) is 0 Å². The molecular weight excluding hydrogens is 214 g/mol. The van der Waals surface area contributed by atoms with Gasteiger partial charge in [-0.2, -0.15) is 0 Å². The third kappa shape index (κ3) is 4.25. The molecule has 4 heteroatoms. The van der Waals surface area contributed by atoms with Gasteiger partial charge in [0.1, 0.15) is 0 Å². The molecule has 1 rings (SSSR count). The highest BCUT2D eigenvalue weighted by molar-refractivity contribution is 5.81. The molecule has 0 aliphatic heterocycles. The lowest BCUT2D eigenvalue weighted by atomic mass is 10.2. The molecule has 1 amide bonds. The van der Waals surface area contributed by atoms with Crippen LogP contribution in [0, 0.1) is 19.3 Å². The van der Waals surface area contributed by atoms with Crippen molar-refractivity contribution in [1.82, 2.24) is 15.6 Å². The molecule has 1 heterocycles. The van der Waals surface area contributed by atoms with Gasteiger partial charge in [0, 0.05) is 12.7 Å². The van der Waals surface area contributed by atoms with Crippen molar-refractivity contribution in [3.05, 3.63) is 29.6 Å². The number of nitrogens with zero attached hydrogens (tertiary/aromatic N) is 1. The number of carbonyl (C=O) groups excluding carboxylic acids is 1. The van der Waals surface area contributed by atoms with Gasteiger partial charge in [-0.15, -0.1) is 6.42 Å². The summed E-state index contributed by atoms with van der Waals surface area (Å²) in [7, 11) is 0. The van der Waals surface area contributed by atoms with Crippen LogP contribution in [0.5, 0.6) is 0 Å². The van der Waals surface area contributed by atoms with E-state index in [9.17, 15) is 4.79 Å². The zero-order valence-electron chi connectivity index (χ0n) is 10.2. The third-order valence-electron chi connectivity index (χ3n) is 2.45. The predicted octanol–water partition coefficient (Wildman–Crippen LogP) is 0.618. The van der Waals surface area contributed by atoms with Crippen molar-refractivity contribution >= 4 is 5.91 Å². The molecule has 0 fully saturated rings. The Labute approximate surface area is 102 Å². The van der Waals surface area contributed by atoms with Crippen LogP contribution >= 0.6 is 0 Å². The molecule has 0 aromatic carbocycles. The molecule has 0 saturated carbocycles. The first-order valence-corrected chi connectivity index (χ1v) is 5.50. The van der Waals surface area contributed by atoms with Gasteiger partial charge in [0.2, 0.25) is 5.91 Å². The second-order valence-electron chi connectivity index (χ2n) is 3.79. The molecule has 1 aromatic rings. The molecule has 2 N–H and O–H groups in total. The molecular formula is C13H17N3O. The number of aromatic nitrogens is 1. The molecule has 0 saturated heterocycles. The topological polar surface area (TPSA) is 54.0 Å². The van der Waals surface area contributed by atoms with Crippen LogP contribution in [-0.2, 0) is 11.3 Å². The van der Waals surface area contributed by atoms with Gasteiger partial charge in [0.05, 0.1) is 18.3 Å². The second-order valence-corrected chi connectivity index (χ2v) is 3.79. The van der Waals surface area contributed by atoms with Gasteiger partial charge in [0.15, 0.2) is 0 Å². The maximum absolute atomic E-state index is 11.5. The van der Waals surface area contributed by atoms with Crippen molar-refractivity contribution in [2.45, 2.75) is 26.4 Å². The fourth-order valence-corrected chi connectivity index (χ4v) is 1.34. The Morgan fingerprint density at radius 2 is 2.41 bits per heavy atom. The van der Waals surface area contributed by atoms with Gasteiger partial charge >= 0.3 is 0 Å². The number of nitrogens with one attached hydrogen (secondary N) is 2. The number of terminal acetylenes is 1. The van der Waals surface area contributed by atoms with E-state index in [1.165, 1.54) is 0 Å². The van der Waals surface area contributed by atoms with Crippen LogP contribution in [0.2, 0.25) is 0 Å². The van der Waals surface area contributed by atoms with Gasteiger partial charge in [-0.3, -0.25) is 9.78 Å². The van der Waals surface area contributed by atoms with E-state index >= 15 is 0 Å². The highest BCUT2D eigenvalue weighted by Gasteiger charge is 2.11. The van der Waals surface area contributed by atoms with E-state index in [0.717, 1.165) is 11.3 Å². The Hall–Kier alpha value is -1.86. The van der Waals surface area contributed by atoms with E-state index in [0.29, 0.717) is 6.54 Å². The normalized spacial score (nSPS) is 11.6. The minimum absolute atomic E-state index is 0.100. The first kappa shape index (κ1) is 13.2. The zero-order valence-corrected chi connectivity index (χ0v) is 10.2. The van der Waals surface area contributed by atoms with Crippen LogP contribution in [0.1, 0.15) is 18.2 Å². The molecule has 4 nitrogen and oxygen atoms in total. The Bertz CT molecular complexity index is 423. The van der Waals surface area contributed by atoms with Gasteiger partial charge < -0.3 is 10.6 Å². The molecule has 90 valence electrons.